The summed E-state index contributed by atoms with van der Waals surface area (Å²) in [5.41, 5.74) is 0. The molecule has 2 N–H and O–H groups in total. The highest BCUT2D eigenvalue weighted by atomic mass is 32.2. The summed E-state index contributed by atoms with van der Waals surface area (Å²) >= 11 is 1.62. The number of hydrogen-bond donors (Lipinski definition) is 2. The van der Waals surface area contributed by atoms with Crippen LogP contribution in [-0.4, -0.2) is 49.1 Å². The summed E-state index contributed by atoms with van der Waals surface area (Å²) in [7, 11) is 1.59. The Morgan fingerprint density at radius 1 is 1.75 bits per heavy atom. The summed E-state index contributed by atoms with van der Waals surface area (Å²) in [5, 5.41) is 5.52. The predicted molar refractivity (Wildman–Crippen MR) is 63.4 cm³/mol. The van der Waals surface area contributed by atoms with Crippen LogP contribution in [0.4, 0.5) is 0 Å². The Kier molecular flexibility index (Phi) is 5.62. The first-order valence-electron chi connectivity index (χ1n) is 5.30. The van der Waals surface area contributed by atoms with E-state index in [4.69, 9.17) is 4.74 Å². The third-order valence-electron chi connectivity index (χ3n) is 2.22. The van der Waals surface area contributed by atoms with Gasteiger partial charge in [-0.15, -0.1) is 0 Å². The van der Waals surface area contributed by atoms with E-state index < -0.39 is 6.04 Å². The number of carbonyl (C=O) groups excluding carboxylic acids is 2. The van der Waals surface area contributed by atoms with Gasteiger partial charge in [0, 0.05) is 31.1 Å². The van der Waals surface area contributed by atoms with E-state index in [1.54, 1.807) is 18.9 Å². The number of amides is 2. The maximum atomic E-state index is 11.8. The lowest BCUT2D eigenvalue weighted by Crippen LogP contribution is -2.50. The molecule has 2 atom stereocenters. The van der Waals surface area contributed by atoms with Gasteiger partial charge < -0.3 is 15.4 Å². The van der Waals surface area contributed by atoms with Gasteiger partial charge in [0.2, 0.25) is 11.8 Å². The first kappa shape index (κ1) is 13.3. The molecule has 1 aliphatic heterocycles. The summed E-state index contributed by atoms with van der Waals surface area (Å²) in [5.74, 6) is 1.23. The Balaban J connectivity index is 2.42. The average Bonchev–Trinajstić information content (AvgIpc) is 2.43. The normalized spacial score (nSPS) is 23.1. The molecule has 0 aromatic carbocycles. The molecule has 0 aromatic heterocycles. The van der Waals surface area contributed by atoms with Crippen LogP contribution in [0.3, 0.4) is 0 Å². The van der Waals surface area contributed by atoms with Gasteiger partial charge in [-0.25, -0.2) is 0 Å². The highest BCUT2D eigenvalue weighted by Crippen LogP contribution is 2.09. The molecule has 0 spiro atoms. The largest absolute Gasteiger partial charge is 0.383 e. The van der Waals surface area contributed by atoms with Crippen molar-refractivity contribution in [1.82, 2.24) is 10.6 Å². The fraction of sp³-hybridized carbons (Fsp3) is 0.800. The second-order valence-corrected chi connectivity index (χ2v) is 4.96. The quantitative estimate of drug-likeness (QED) is 0.718. The lowest BCUT2D eigenvalue weighted by atomic mass is 10.2. The van der Waals surface area contributed by atoms with E-state index in [2.05, 4.69) is 10.6 Å². The fourth-order valence-electron chi connectivity index (χ4n) is 1.45. The lowest BCUT2D eigenvalue weighted by molar-refractivity contribution is -0.128. The third-order valence-corrected chi connectivity index (χ3v) is 3.28. The monoisotopic (exact) mass is 246 g/mol. The molecule has 0 saturated carbocycles. The zero-order valence-electron chi connectivity index (χ0n) is 9.62. The number of carbonyl (C=O) groups is 2. The highest BCUT2D eigenvalue weighted by molar-refractivity contribution is 7.99. The van der Waals surface area contributed by atoms with Crippen molar-refractivity contribution in [2.24, 2.45) is 0 Å². The van der Waals surface area contributed by atoms with Gasteiger partial charge in [-0.05, 0) is 6.92 Å². The Hall–Kier alpha value is -0.750. The maximum absolute atomic E-state index is 11.8. The summed E-state index contributed by atoms with van der Waals surface area (Å²) in [6.45, 7) is 2.34. The number of rotatable bonds is 4. The molecule has 16 heavy (non-hydrogen) atoms. The minimum atomic E-state index is -0.417. The molecule has 1 rings (SSSR count). The first-order valence-corrected chi connectivity index (χ1v) is 6.45. The molecule has 1 saturated heterocycles. The van der Waals surface area contributed by atoms with Crippen LogP contribution in [0.5, 0.6) is 0 Å². The molecule has 0 radical (unpaired) electrons. The van der Waals surface area contributed by atoms with Crippen molar-refractivity contribution >= 4 is 23.6 Å². The number of nitrogens with one attached hydrogen (secondary N) is 2. The van der Waals surface area contributed by atoms with Gasteiger partial charge in [0.25, 0.3) is 0 Å². The minimum absolute atomic E-state index is 0.0392. The highest BCUT2D eigenvalue weighted by Gasteiger charge is 2.24. The van der Waals surface area contributed by atoms with E-state index in [1.165, 1.54) is 0 Å². The second-order valence-electron chi connectivity index (χ2n) is 3.81. The van der Waals surface area contributed by atoms with E-state index in [9.17, 15) is 9.59 Å². The maximum Gasteiger partial charge on any atom is 0.243 e. The van der Waals surface area contributed by atoms with Gasteiger partial charge in [-0.2, -0.15) is 11.8 Å². The van der Waals surface area contributed by atoms with E-state index >= 15 is 0 Å². The van der Waals surface area contributed by atoms with Crippen molar-refractivity contribution in [2.45, 2.75) is 25.4 Å². The molecule has 0 aliphatic carbocycles. The standard InChI is InChI=1S/C10H18N2O3S/c1-7(5-15-2)11-10(14)8-6-16-4-3-9(13)12-8/h7-8H,3-6H2,1-2H3,(H,11,14)(H,12,13)/t7-,8-/m0/s1. The predicted octanol–water partition coefficient (Wildman–Crippen LogP) is -0.241. The van der Waals surface area contributed by atoms with Gasteiger partial charge in [0.1, 0.15) is 6.04 Å². The SMILES string of the molecule is COC[C@H](C)NC(=O)[C@@H]1CSCCC(=O)N1. The fourth-order valence-corrected chi connectivity index (χ4v) is 2.42. The molecule has 2 amide bonds. The van der Waals surface area contributed by atoms with E-state index in [1.807, 2.05) is 6.92 Å². The first-order chi connectivity index (χ1) is 7.63. The third kappa shape index (κ3) is 4.40. The molecule has 0 bridgehead atoms. The smallest absolute Gasteiger partial charge is 0.243 e. The zero-order chi connectivity index (χ0) is 12.0. The van der Waals surface area contributed by atoms with Crippen LogP contribution in [0.15, 0.2) is 0 Å². The average molecular weight is 246 g/mol. The second kappa shape index (κ2) is 6.75. The number of thioether (sulfide) groups is 1. The minimum Gasteiger partial charge on any atom is -0.383 e. The van der Waals surface area contributed by atoms with Crippen LogP contribution in [-0.2, 0) is 14.3 Å². The van der Waals surface area contributed by atoms with Crippen LogP contribution in [0.1, 0.15) is 13.3 Å². The van der Waals surface area contributed by atoms with Gasteiger partial charge >= 0.3 is 0 Å². The lowest BCUT2D eigenvalue weighted by Gasteiger charge is -2.18. The van der Waals surface area contributed by atoms with Crippen molar-refractivity contribution in [3.63, 3.8) is 0 Å². The molecule has 1 fully saturated rings. The van der Waals surface area contributed by atoms with Gasteiger partial charge in [-0.3, -0.25) is 9.59 Å². The van der Waals surface area contributed by atoms with Crippen LogP contribution in [0.25, 0.3) is 0 Å². The van der Waals surface area contributed by atoms with Crippen molar-refractivity contribution in [2.75, 3.05) is 25.2 Å². The molecule has 1 aliphatic rings. The van der Waals surface area contributed by atoms with Crippen molar-refractivity contribution < 1.29 is 14.3 Å². The van der Waals surface area contributed by atoms with E-state index in [-0.39, 0.29) is 17.9 Å². The molecule has 6 heteroatoms. The van der Waals surface area contributed by atoms with Gasteiger partial charge in [0.15, 0.2) is 0 Å². The van der Waals surface area contributed by atoms with Gasteiger partial charge in [-0.1, -0.05) is 0 Å². The summed E-state index contributed by atoms with van der Waals surface area (Å²) in [6, 6.07) is -0.457. The summed E-state index contributed by atoms with van der Waals surface area (Å²) < 4.78 is 4.93. The molecule has 0 unspecified atom stereocenters. The van der Waals surface area contributed by atoms with Crippen molar-refractivity contribution in [3.05, 3.63) is 0 Å². The topological polar surface area (TPSA) is 67.4 Å². The number of hydrogen-bond acceptors (Lipinski definition) is 4. The van der Waals surface area contributed by atoms with Crippen LogP contribution in [0.2, 0.25) is 0 Å². The zero-order valence-corrected chi connectivity index (χ0v) is 10.4. The Labute approximate surface area is 99.7 Å². The molecular formula is C10H18N2O3S. The molecule has 0 aromatic rings. The van der Waals surface area contributed by atoms with Crippen molar-refractivity contribution in [3.8, 4) is 0 Å². The Bertz CT molecular complexity index is 260. The Morgan fingerprint density at radius 3 is 3.19 bits per heavy atom. The summed E-state index contributed by atoms with van der Waals surface area (Å²) in [4.78, 5) is 23.1. The van der Waals surface area contributed by atoms with Gasteiger partial charge in [0.05, 0.1) is 6.61 Å². The number of methoxy groups -OCH3 is 1. The van der Waals surface area contributed by atoms with Crippen LogP contribution >= 0.6 is 11.8 Å². The molecule has 1 heterocycles. The summed E-state index contributed by atoms with van der Waals surface area (Å²) in [6.07, 6.45) is 0.488. The Morgan fingerprint density at radius 2 is 2.50 bits per heavy atom. The van der Waals surface area contributed by atoms with Crippen LogP contribution < -0.4 is 10.6 Å². The van der Waals surface area contributed by atoms with Crippen LogP contribution in [0, 0.1) is 0 Å². The molecular weight excluding hydrogens is 228 g/mol. The number of ether oxygens (including phenoxy) is 1. The van der Waals surface area contributed by atoms with E-state index in [0.29, 0.717) is 18.8 Å². The molecule has 5 nitrogen and oxygen atoms in total. The van der Waals surface area contributed by atoms with Crippen molar-refractivity contribution in [1.29, 1.82) is 0 Å². The molecule has 92 valence electrons. The van der Waals surface area contributed by atoms with E-state index in [0.717, 1.165) is 5.75 Å².